The Hall–Kier alpha value is -3.70. The first kappa shape index (κ1) is 21.2. The molecule has 1 aliphatic rings. The smallest absolute Gasteiger partial charge is 0.373 e. The molecule has 2 amide bonds. The summed E-state index contributed by atoms with van der Waals surface area (Å²) in [7, 11) is 1.24. The normalized spacial score (nSPS) is 15.2. The number of ether oxygens (including phenoxy) is 1. The van der Waals surface area contributed by atoms with Crippen molar-refractivity contribution in [2.24, 2.45) is 0 Å². The minimum Gasteiger partial charge on any atom is -0.463 e. The third kappa shape index (κ3) is 4.32. The summed E-state index contributed by atoms with van der Waals surface area (Å²) in [5, 5.41) is 0.832. The van der Waals surface area contributed by atoms with Crippen LogP contribution in [0.15, 0.2) is 72.5 Å². The number of carbonyl (C=O) groups is 3. The lowest BCUT2D eigenvalue weighted by Crippen LogP contribution is -2.27. The molecule has 11 heteroatoms. The monoisotopic (exact) mass is 481 g/mol. The molecule has 5 rings (SSSR count). The highest BCUT2D eigenvalue weighted by Crippen LogP contribution is 2.35. The van der Waals surface area contributed by atoms with Gasteiger partial charge in [0.15, 0.2) is 10.2 Å². The van der Waals surface area contributed by atoms with Crippen LogP contribution < -0.4 is 0 Å². The molecule has 33 heavy (non-hydrogen) atoms. The standard InChI is InChI=1S/C22H15N3O6S2/c1-29-20(27)16-8-6-13(30-16)11-25-19(26)17(32-22(25)28)10-12-7-9-18(31-12)33-21-23-14-4-2-3-5-15(14)24-21/h2-10H,11H2,1H3,(H,23,24). The maximum atomic E-state index is 12.7. The fourth-order valence-corrected chi connectivity index (χ4v) is 4.72. The number of imidazole rings is 1. The van der Waals surface area contributed by atoms with Crippen LogP contribution in [0.2, 0.25) is 0 Å². The number of esters is 1. The topological polar surface area (TPSA) is 119 Å². The van der Waals surface area contributed by atoms with Crippen LogP contribution in [0.1, 0.15) is 22.1 Å². The second-order valence-electron chi connectivity index (χ2n) is 6.84. The van der Waals surface area contributed by atoms with E-state index in [0.717, 1.165) is 27.7 Å². The summed E-state index contributed by atoms with van der Waals surface area (Å²) < 4.78 is 15.7. The zero-order valence-electron chi connectivity index (χ0n) is 17.1. The predicted octanol–water partition coefficient (Wildman–Crippen LogP) is 4.92. The number of aromatic amines is 1. The lowest BCUT2D eigenvalue weighted by molar-refractivity contribution is -0.123. The first-order valence-corrected chi connectivity index (χ1v) is 11.3. The molecule has 1 fully saturated rings. The number of rotatable bonds is 6. The largest absolute Gasteiger partial charge is 0.463 e. The number of aromatic nitrogens is 2. The van der Waals surface area contributed by atoms with Crippen LogP contribution in [-0.4, -0.2) is 39.1 Å². The molecular formula is C22H15N3O6S2. The number of hydrogen-bond donors (Lipinski definition) is 1. The van der Waals surface area contributed by atoms with E-state index in [-0.39, 0.29) is 17.2 Å². The van der Waals surface area contributed by atoms with Gasteiger partial charge in [0.2, 0.25) is 5.76 Å². The number of H-pyrrole nitrogens is 1. The number of amides is 2. The summed E-state index contributed by atoms with van der Waals surface area (Å²) in [6, 6.07) is 14.1. The average molecular weight is 482 g/mol. The van der Waals surface area contributed by atoms with Gasteiger partial charge >= 0.3 is 5.97 Å². The van der Waals surface area contributed by atoms with Crippen LogP contribution in [0.4, 0.5) is 4.79 Å². The minimum absolute atomic E-state index is 0.0000756. The molecule has 1 aliphatic heterocycles. The summed E-state index contributed by atoms with van der Waals surface area (Å²) in [4.78, 5) is 45.6. The van der Waals surface area contributed by atoms with Gasteiger partial charge < -0.3 is 18.6 Å². The molecule has 0 aliphatic carbocycles. The van der Waals surface area contributed by atoms with Gasteiger partial charge in [-0.15, -0.1) is 0 Å². The van der Waals surface area contributed by atoms with Crippen LogP contribution in [0, 0.1) is 0 Å². The predicted molar refractivity (Wildman–Crippen MR) is 120 cm³/mol. The van der Waals surface area contributed by atoms with Crippen LogP contribution in [0.5, 0.6) is 0 Å². The molecule has 4 aromatic rings. The van der Waals surface area contributed by atoms with E-state index in [1.165, 1.54) is 37.1 Å². The molecule has 0 spiro atoms. The van der Waals surface area contributed by atoms with Gasteiger partial charge in [0.25, 0.3) is 11.1 Å². The summed E-state index contributed by atoms with van der Waals surface area (Å²) in [6.45, 7) is -0.0929. The number of furan rings is 2. The SMILES string of the molecule is COC(=O)c1ccc(CN2C(=O)SC(=Cc3ccc(Sc4nc5ccccc5[nH]4)o3)C2=O)o1. The highest BCUT2D eigenvalue weighted by Gasteiger charge is 2.36. The van der Waals surface area contributed by atoms with E-state index in [1.54, 1.807) is 12.1 Å². The van der Waals surface area contributed by atoms with Crippen molar-refractivity contribution in [3.05, 3.63) is 70.7 Å². The van der Waals surface area contributed by atoms with E-state index in [1.807, 2.05) is 24.3 Å². The number of carbonyl (C=O) groups excluding carboxylic acids is 3. The first-order chi connectivity index (χ1) is 16.0. The maximum absolute atomic E-state index is 12.7. The summed E-state index contributed by atoms with van der Waals surface area (Å²) in [5.74, 6) is -0.375. The molecule has 1 saturated heterocycles. The number of methoxy groups -OCH3 is 1. The molecule has 9 nitrogen and oxygen atoms in total. The fraction of sp³-hybridized carbons (Fsp3) is 0.0909. The Kier molecular flexibility index (Phi) is 5.56. The van der Waals surface area contributed by atoms with E-state index in [2.05, 4.69) is 14.7 Å². The van der Waals surface area contributed by atoms with Gasteiger partial charge in [-0.2, -0.15) is 0 Å². The third-order valence-corrected chi connectivity index (χ3v) is 6.39. The average Bonchev–Trinajstić information content (AvgIpc) is 3.58. The summed E-state index contributed by atoms with van der Waals surface area (Å²) in [6.07, 6.45) is 1.52. The molecule has 3 aromatic heterocycles. The van der Waals surface area contributed by atoms with Crippen LogP contribution >= 0.6 is 23.5 Å². The number of nitrogens with one attached hydrogen (secondary N) is 1. The number of imide groups is 1. The van der Waals surface area contributed by atoms with Crippen LogP contribution in [-0.2, 0) is 16.1 Å². The molecule has 1 aromatic carbocycles. The number of benzene rings is 1. The van der Waals surface area contributed by atoms with Gasteiger partial charge in [0.1, 0.15) is 11.5 Å². The fourth-order valence-electron chi connectivity index (χ4n) is 3.13. The zero-order valence-corrected chi connectivity index (χ0v) is 18.7. The molecule has 0 bridgehead atoms. The molecule has 0 saturated carbocycles. The lowest BCUT2D eigenvalue weighted by Gasteiger charge is -2.09. The number of thioether (sulfide) groups is 1. The quantitative estimate of drug-likeness (QED) is 0.302. The van der Waals surface area contributed by atoms with E-state index in [0.29, 0.717) is 21.8 Å². The highest BCUT2D eigenvalue weighted by molar-refractivity contribution is 8.18. The van der Waals surface area contributed by atoms with Crippen molar-refractivity contribution in [3.8, 4) is 0 Å². The number of para-hydroxylation sites is 2. The Balaban J connectivity index is 1.28. The Morgan fingerprint density at radius 2 is 2.03 bits per heavy atom. The van der Waals surface area contributed by atoms with Crippen LogP contribution in [0.3, 0.4) is 0 Å². The zero-order chi connectivity index (χ0) is 22.9. The number of hydrogen-bond acceptors (Lipinski definition) is 9. The second kappa shape index (κ2) is 8.68. The van der Waals surface area contributed by atoms with Gasteiger partial charge in [-0.1, -0.05) is 12.1 Å². The van der Waals surface area contributed by atoms with Gasteiger partial charge in [0, 0.05) is 6.08 Å². The Morgan fingerprint density at radius 1 is 1.18 bits per heavy atom. The molecule has 0 unspecified atom stereocenters. The van der Waals surface area contributed by atoms with E-state index >= 15 is 0 Å². The third-order valence-electron chi connectivity index (χ3n) is 4.68. The van der Waals surface area contributed by atoms with Crippen molar-refractivity contribution in [2.75, 3.05) is 7.11 Å². The summed E-state index contributed by atoms with van der Waals surface area (Å²) in [5.41, 5.74) is 1.78. The highest BCUT2D eigenvalue weighted by atomic mass is 32.2. The van der Waals surface area contributed by atoms with Gasteiger partial charge in [-0.25, -0.2) is 9.78 Å². The van der Waals surface area contributed by atoms with E-state index in [9.17, 15) is 14.4 Å². The molecular weight excluding hydrogens is 466 g/mol. The van der Waals surface area contributed by atoms with Crippen molar-refractivity contribution in [1.82, 2.24) is 14.9 Å². The minimum atomic E-state index is -0.635. The lowest BCUT2D eigenvalue weighted by atomic mass is 10.3. The number of fused-ring (bicyclic) bond motifs is 1. The van der Waals surface area contributed by atoms with Gasteiger partial charge in [0.05, 0.1) is 29.6 Å². The number of nitrogens with zero attached hydrogens (tertiary/aromatic N) is 2. The van der Waals surface area contributed by atoms with Crippen molar-refractivity contribution >= 4 is 57.7 Å². The van der Waals surface area contributed by atoms with Gasteiger partial charge in [-0.05, 0) is 59.9 Å². The van der Waals surface area contributed by atoms with Crippen molar-refractivity contribution in [2.45, 2.75) is 16.8 Å². The van der Waals surface area contributed by atoms with Gasteiger partial charge in [-0.3, -0.25) is 14.5 Å². The summed E-state index contributed by atoms with van der Waals surface area (Å²) >= 11 is 2.13. The Morgan fingerprint density at radius 3 is 2.85 bits per heavy atom. The van der Waals surface area contributed by atoms with Crippen molar-refractivity contribution in [1.29, 1.82) is 0 Å². The van der Waals surface area contributed by atoms with E-state index < -0.39 is 17.1 Å². The first-order valence-electron chi connectivity index (χ1n) is 9.65. The van der Waals surface area contributed by atoms with E-state index in [4.69, 9.17) is 8.83 Å². The Bertz CT molecular complexity index is 1380. The molecule has 4 heterocycles. The Labute approximate surface area is 195 Å². The van der Waals surface area contributed by atoms with Crippen molar-refractivity contribution in [3.63, 3.8) is 0 Å². The molecule has 0 atom stereocenters. The molecule has 1 N–H and O–H groups in total. The van der Waals surface area contributed by atoms with Crippen LogP contribution in [0.25, 0.3) is 17.1 Å². The van der Waals surface area contributed by atoms with Crippen molar-refractivity contribution < 1.29 is 28.0 Å². The molecule has 166 valence electrons. The molecule has 0 radical (unpaired) electrons. The second-order valence-corrected chi connectivity index (χ2v) is 8.83. The maximum Gasteiger partial charge on any atom is 0.373 e.